The number of hydrogen-bond acceptors (Lipinski definition) is 4. The zero-order valence-electron chi connectivity index (χ0n) is 15.1. The van der Waals surface area contributed by atoms with Crippen LogP contribution in [0.25, 0.3) is 0 Å². The highest BCUT2D eigenvalue weighted by atomic mass is 16.2. The largest absolute Gasteiger partial charge is 0.329 e. The molecular weight excluding hydrogens is 342 g/mol. The molecule has 0 radical (unpaired) electrons. The molecule has 0 bridgehead atoms. The summed E-state index contributed by atoms with van der Waals surface area (Å²) in [5, 5.41) is 8.66. The van der Waals surface area contributed by atoms with Crippen molar-refractivity contribution in [2.24, 2.45) is 0 Å². The van der Waals surface area contributed by atoms with Gasteiger partial charge in [-0.05, 0) is 31.0 Å². The van der Waals surface area contributed by atoms with E-state index < -0.39 is 0 Å². The topological polar surface area (TPSA) is 83.9 Å². The van der Waals surface area contributed by atoms with Gasteiger partial charge in [0.2, 0.25) is 0 Å². The van der Waals surface area contributed by atoms with Crippen LogP contribution in [0.5, 0.6) is 0 Å². The average Bonchev–Trinajstić information content (AvgIpc) is 3.10. The molecule has 27 heavy (non-hydrogen) atoms. The first kappa shape index (κ1) is 17.2. The fraction of sp³-hybridized carbons (Fsp3) is 0.300. The Bertz CT molecular complexity index is 1010. The molecule has 2 aromatic heterocycles. The van der Waals surface area contributed by atoms with Crippen LogP contribution in [0.15, 0.2) is 53.5 Å². The summed E-state index contributed by atoms with van der Waals surface area (Å²) in [5.74, 6) is 1.42. The van der Waals surface area contributed by atoms with Crippen LogP contribution in [-0.2, 0) is 19.4 Å². The van der Waals surface area contributed by atoms with Gasteiger partial charge in [-0.3, -0.25) is 9.59 Å². The first-order valence-electron chi connectivity index (χ1n) is 9.07. The summed E-state index contributed by atoms with van der Waals surface area (Å²) in [6.45, 7) is 2.93. The number of carbonyl (C=O) groups excluding carboxylic acids is 1. The standard InChI is InChI=1S/C20H21N5O2/c1-14-12-24(20(27)16-8-5-11-21-19(16)26)13-18-23-22-17(25(14)18)10-9-15-6-3-2-4-7-15/h2-8,11,14H,9-10,12-13H2,1H3,(H,21,26)/t14-/m0/s1. The molecule has 1 atom stereocenters. The molecule has 1 N–H and O–H groups in total. The van der Waals surface area contributed by atoms with E-state index >= 15 is 0 Å². The molecule has 3 heterocycles. The third kappa shape index (κ3) is 3.40. The number of nitrogens with zero attached hydrogens (tertiary/aromatic N) is 4. The van der Waals surface area contributed by atoms with Gasteiger partial charge in [0.05, 0.1) is 12.6 Å². The van der Waals surface area contributed by atoms with Crippen molar-refractivity contribution in [1.29, 1.82) is 0 Å². The van der Waals surface area contributed by atoms with Crippen molar-refractivity contribution in [2.75, 3.05) is 6.54 Å². The van der Waals surface area contributed by atoms with Crippen molar-refractivity contribution in [3.63, 3.8) is 0 Å². The van der Waals surface area contributed by atoms with E-state index in [1.807, 2.05) is 25.1 Å². The predicted octanol–water partition coefficient (Wildman–Crippen LogP) is 1.97. The summed E-state index contributed by atoms with van der Waals surface area (Å²) in [5.41, 5.74) is 1.05. The lowest BCUT2D eigenvalue weighted by molar-refractivity contribution is 0.0677. The van der Waals surface area contributed by atoms with Gasteiger partial charge in [0.25, 0.3) is 11.5 Å². The molecule has 0 unspecified atom stereocenters. The highest BCUT2D eigenvalue weighted by Crippen LogP contribution is 2.23. The highest BCUT2D eigenvalue weighted by molar-refractivity contribution is 5.93. The van der Waals surface area contributed by atoms with E-state index in [-0.39, 0.29) is 23.1 Å². The zero-order valence-corrected chi connectivity index (χ0v) is 15.1. The monoisotopic (exact) mass is 363 g/mol. The average molecular weight is 363 g/mol. The third-order valence-electron chi connectivity index (χ3n) is 4.91. The number of benzene rings is 1. The fourth-order valence-corrected chi connectivity index (χ4v) is 3.60. The minimum atomic E-state index is -0.370. The lowest BCUT2D eigenvalue weighted by atomic mass is 10.1. The van der Waals surface area contributed by atoms with E-state index in [9.17, 15) is 9.59 Å². The van der Waals surface area contributed by atoms with Crippen molar-refractivity contribution in [3.05, 3.63) is 81.8 Å². The summed E-state index contributed by atoms with van der Waals surface area (Å²) in [6.07, 6.45) is 3.22. The van der Waals surface area contributed by atoms with Crippen LogP contribution in [0, 0.1) is 0 Å². The molecular formula is C20H21N5O2. The van der Waals surface area contributed by atoms with Crippen molar-refractivity contribution >= 4 is 5.91 Å². The number of carbonyl (C=O) groups is 1. The van der Waals surface area contributed by atoms with Gasteiger partial charge in [-0.15, -0.1) is 10.2 Å². The molecule has 7 heteroatoms. The van der Waals surface area contributed by atoms with Gasteiger partial charge in [0.15, 0.2) is 5.82 Å². The number of nitrogens with one attached hydrogen (secondary N) is 1. The molecule has 1 aromatic carbocycles. The minimum Gasteiger partial charge on any atom is -0.329 e. The molecule has 0 saturated carbocycles. The van der Waals surface area contributed by atoms with Crippen molar-refractivity contribution < 1.29 is 4.79 Å². The van der Waals surface area contributed by atoms with Gasteiger partial charge < -0.3 is 14.5 Å². The van der Waals surface area contributed by atoms with E-state index in [4.69, 9.17) is 0 Å². The first-order chi connectivity index (χ1) is 13.1. The van der Waals surface area contributed by atoms with Crippen LogP contribution in [0.4, 0.5) is 0 Å². The Morgan fingerprint density at radius 1 is 1.15 bits per heavy atom. The summed E-state index contributed by atoms with van der Waals surface area (Å²) in [4.78, 5) is 28.9. The molecule has 7 nitrogen and oxygen atoms in total. The minimum absolute atomic E-state index is 0.0567. The maximum absolute atomic E-state index is 12.7. The number of aromatic nitrogens is 4. The first-order valence-corrected chi connectivity index (χ1v) is 9.07. The Hall–Kier alpha value is -3.22. The van der Waals surface area contributed by atoms with E-state index in [1.165, 1.54) is 11.8 Å². The molecule has 138 valence electrons. The van der Waals surface area contributed by atoms with E-state index in [0.717, 1.165) is 24.5 Å². The Morgan fingerprint density at radius 3 is 2.74 bits per heavy atom. The molecule has 0 spiro atoms. The van der Waals surface area contributed by atoms with E-state index in [0.29, 0.717) is 13.1 Å². The van der Waals surface area contributed by atoms with Crippen LogP contribution in [-0.4, -0.2) is 37.1 Å². The van der Waals surface area contributed by atoms with Crippen molar-refractivity contribution in [1.82, 2.24) is 24.6 Å². The van der Waals surface area contributed by atoms with E-state index in [1.54, 1.807) is 17.0 Å². The van der Waals surface area contributed by atoms with Gasteiger partial charge in [0, 0.05) is 19.2 Å². The Morgan fingerprint density at radius 2 is 1.96 bits per heavy atom. The van der Waals surface area contributed by atoms with Gasteiger partial charge in [0.1, 0.15) is 11.4 Å². The number of aromatic amines is 1. The van der Waals surface area contributed by atoms with Crippen LogP contribution >= 0.6 is 0 Å². The number of hydrogen-bond donors (Lipinski definition) is 1. The SMILES string of the molecule is C[C@H]1CN(C(=O)c2ccc[nH]c2=O)Cc2nnc(CCc3ccccc3)n21. The van der Waals surface area contributed by atoms with Crippen LogP contribution in [0.3, 0.4) is 0 Å². The molecule has 1 amide bonds. The number of fused-ring (bicyclic) bond motifs is 1. The second kappa shape index (κ2) is 7.19. The van der Waals surface area contributed by atoms with Crippen LogP contribution < -0.4 is 5.56 Å². The molecule has 4 rings (SSSR count). The normalized spacial score (nSPS) is 16.2. The van der Waals surface area contributed by atoms with Crippen molar-refractivity contribution in [2.45, 2.75) is 32.4 Å². The van der Waals surface area contributed by atoms with Gasteiger partial charge >= 0.3 is 0 Å². The number of H-pyrrole nitrogens is 1. The quantitative estimate of drug-likeness (QED) is 0.768. The Kier molecular flexibility index (Phi) is 4.58. The lowest BCUT2D eigenvalue weighted by Crippen LogP contribution is -2.42. The molecule has 0 fully saturated rings. The predicted molar refractivity (Wildman–Crippen MR) is 100 cm³/mol. The van der Waals surface area contributed by atoms with Gasteiger partial charge in [-0.2, -0.15) is 0 Å². The summed E-state index contributed by atoms with van der Waals surface area (Å²) >= 11 is 0. The molecule has 0 saturated heterocycles. The number of rotatable bonds is 4. The van der Waals surface area contributed by atoms with Crippen molar-refractivity contribution in [3.8, 4) is 0 Å². The number of pyridine rings is 1. The third-order valence-corrected chi connectivity index (χ3v) is 4.91. The summed E-state index contributed by atoms with van der Waals surface area (Å²) in [7, 11) is 0. The second-order valence-corrected chi connectivity index (χ2v) is 6.84. The fourth-order valence-electron chi connectivity index (χ4n) is 3.60. The number of aryl methyl sites for hydroxylation is 2. The molecule has 0 aliphatic carbocycles. The van der Waals surface area contributed by atoms with Crippen LogP contribution in [0.2, 0.25) is 0 Å². The smallest absolute Gasteiger partial charge is 0.260 e. The van der Waals surface area contributed by atoms with Gasteiger partial charge in [-0.1, -0.05) is 30.3 Å². The van der Waals surface area contributed by atoms with Crippen LogP contribution in [0.1, 0.15) is 40.5 Å². The Balaban J connectivity index is 1.52. The molecule has 1 aliphatic heterocycles. The van der Waals surface area contributed by atoms with E-state index in [2.05, 4.69) is 31.9 Å². The molecule has 3 aromatic rings. The second-order valence-electron chi connectivity index (χ2n) is 6.84. The lowest BCUT2D eigenvalue weighted by Gasteiger charge is -2.32. The summed E-state index contributed by atoms with van der Waals surface area (Å²) in [6, 6.07) is 13.6. The maximum Gasteiger partial charge on any atom is 0.260 e. The highest BCUT2D eigenvalue weighted by Gasteiger charge is 2.30. The maximum atomic E-state index is 12.7. The van der Waals surface area contributed by atoms with Gasteiger partial charge in [-0.25, -0.2) is 0 Å². The molecule has 1 aliphatic rings. The number of amides is 1. The Labute approximate surface area is 156 Å². The summed E-state index contributed by atoms with van der Waals surface area (Å²) < 4.78 is 2.13. The zero-order chi connectivity index (χ0) is 18.8.